The zero-order valence-electron chi connectivity index (χ0n) is 13.3. The molecule has 1 aromatic heterocycles. The smallest absolute Gasteiger partial charge is 0.180 e. The third-order valence-electron chi connectivity index (χ3n) is 3.33. The summed E-state index contributed by atoms with van der Waals surface area (Å²) in [5.41, 5.74) is 1.61. The van der Waals surface area contributed by atoms with E-state index in [0.29, 0.717) is 21.5 Å². The largest absolute Gasteiger partial charge is 0.493 e. The Morgan fingerprint density at radius 3 is 2.60 bits per heavy atom. The Morgan fingerprint density at radius 1 is 1.12 bits per heavy atom. The number of nitrogens with zero attached hydrogens (tertiary/aromatic N) is 4. The van der Waals surface area contributed by atoms with Crippen molar-refractivity contribution in [3.8, 4) is 11.5 Å². The molecular formula is C17H14Cl2N4O2. The quantitative estimate of drug-likeness (QED) is 0.608. The molecule has 3 rings (SSSR count). The van der Waals surface area contributed by atoms with E-state index >= 15 is 0 Å². The van der Waals surface area contributed by atoms with Gasteiger partial charge in [0.15, 0.2) is 11.5 Å². The fourth-order valence-corrected chi connectivity index (χ4v) is 2.57. The van der Waals surface area contributed by atoms with Gasteiger partial charge in [-0.25, -0.2) is 4.68 Å². The first kappa shape index (κ1) is 17.3. The summed E-state index contributed by atoms with van der Waals surface area (Å²) in [5.74, 6) is 0.954. The van der Waals surface area contributed by atoms with E-state index in [9.17, 15) is 0 Å². The van der Waals surface area contributed by atoms with Crippen LogP contribution in [0.15, 0.2) is 54.2 Å². The predicted octanol–water partition coefficient (Wildman–Crippen LogP) is 4.05. The summed E-state index contributed by atoms with van der Waals surface area (Å²) in [6, 6.07) is 11.0. The monoisotopic (exact) mass is 376 g/mol. The van der Waals surface area contributed by atoms with Crippen LogP contribution in [0.4, 0.5) is 0 Å². The molecular weight excluding hydrogens is 363 g/mol. The Labute approximate surface area is 154 Å². The van der Waals surface area contributed by atoms with Crippen LogP contribution in [0.25, 0.3) is 0 Å². The molecule has 0 aliphatic heterocycles. The standard InChI is InChI=1S/C17H14Cl2N4O2/c1-24-16-7-12(8-22-23-10-20-21-11-23)6-15(19)17(16)25-9-13-4-2-3-5-14(13)18/h2-8,10-11H,9H2,1H3/b22-8+. The van der Waals surface area contributed by atoms with Crippen LogP contribution >= 0.6 is 23.2 Å². The van der Waals surface area contributed by atoms with Crippen molar-refractivity contribution >= 4 is 29.4 Å². The predicted molar refractivity (Wildman–Crippen MR) is 96.8 cm³/mol. The van der Waals surface area contributed by atoms with Gasteiger partial charge in [-0.1, -0.05) is 41.4 Å². The molecule has 0 saturated carbocycles. The summed E-state index contributed by atoms with van der Waals surface area (Å²) in [6.07, 6.45) is 4.59. The van der Waals surface area contributed by atoms with E-state index in [1.54, 1.807) is 25.5 Å². The van der Waals surface area contributed by atoms with Crippen molar-refractivity contribution in [1.82, 2.24) is 14.9 Å². The van der Waals surface area contributed by atoms with Gasteiger partial charge < -0.3 is 9.47 Å². The molecule has 0 atom stereocenters. The number of ether oxygens (including phenoxy) is 2. The molecule has 0 amide bonds. The average molecular weight is 377 g/mol. The van der Waals surface area contributed by atoms with Crippen molar-refractivity contribution in [2.45, 2.75) is 6.61 Å². The van der Waals surface area contributed by atoms with E-state index in [0.717, 1.165) is 11.1 Å². The van der Waals surface area contributed by atoms with Crippen molar-refractivity contribution < 1.29 is 9.47 Å². The number of methoxy groups -OCH3 is 1. The molecule has 128 valence electrons. The fourth-order valence-electron chi connectivity index (χ4n) is 2.11. The SMILES string of the molecule is COc1cc(/C=N/n2cnnc2)cc(Cl)c1OCc1ccccc1Cl. The van der Waals surface area contributed by atoms with Crippen LogP contribution in [-0.2, 0) is 6.61 Å². The minimum absolute atomic E-state index is 0.282. The van der Waals surface area contributed by atoms with Crippen molar-refractivity contribution in [3.05, 3.63) is 70.2 Å². The molecule has 0 radical (unpaired) electrons. The maximum Gasteiger partial charge on any atom is 0.180 e. The zero-order chi connectivity index (χ0) is 17.6. The molecule has 0 aliphatic carbocycles. The van der Waals surface area contributed by atoms with E-state index in [-0.39, 0.29) is 6.61 Å². The summed E-state index contributed by atoms with van der Waals surface area (Å²) in [4.78, 5) is 0. The molecule has 8 heteroatoms. The molecule has 6 nitrogen and oxygen atoms in total. The molecule has 2 aromatic carbocycles. The third kappa shape index (κ3) is 4.29. The maximum absolute atomic E-state index is 6.35. The van der Waals surface area contributed by atoms with Crippen molar-refractivity contribution in [2.24, 2.45) is 5.10 Å². The zero-order valence-corrected chi connectivity index (χ0v) is 14.8. The Hall–Kier alpha value is -2.57. The van der Waals surface area contributed by atoms with Gasteiger partial charge in [0, 0.05) is 10.6 Å². The lowest BCUT2D eigenvalue weighted by Crippen LogP contribution is -2.00. The fraction of sp³-hybridized carbons (Fsp3) is 0.118. The summed E-state index contributed by atoms with van der Waals surface area (Å²) < 4.78 is 12.7. The van der Waals surface area contributed by atoms with Gasteiger partial charge >= 0.3 is 0 Å². The van der Waals surface area contributed by atoms with Crippen LogP contribution in [0.3, 0.4) is 0 Å². The first-order valence-corrected chi connectivity index (χ1v) is 8.05. The second-order valence-electron chi connectivity index (χ2n) is 5.00. The summed E-state index contributed by atoms with van der Waals surface area (Å²) in [6.45, 7) is 0.282. The molecule has 3 aromatic rings. The van der Waals surface area contributed by atoms with Crippen LogP contribution in [-0.4, -0.2) is 28.2 Å². The van der Waals surface area contributed by atoms with Crippen LogP contribution in [0, 0.1) is 0 Å². The topological polar surface area (TPSA) is 61.5 Å². The summed E-state index contributed by atoms with van der Waals surface area (Å²) >= 11 is 12.5. The van der Waals surface area contributed by atoms with Crippen LogP contribution < -0.4 is 9.47 Å². The molecule has 0 spiro atoms. The molecule has 0 saturated heterocycles. The highest BCUT2D eigenvalue weighted by Gasteiger charge is 2.12. The average Bonchev–Trinajstić information content (AvgIpc) is 3.13. The second-order valence-corrected chi connectivity index (χ2v) is 5.82. The molecule has 0 bridgehead atoms. The minimum Gasteiger partial charge on any atom is -0.493 e. The first-order chi connectivity index (χ1) is 12.2. The lowest BCUT2D eigenvalue weighted by molar-refractivity contribution is 0.285. The number of hydrogen-bond acceptors (Lipinski definition) is 5. The van der Waals surface area contributed by atoms with E-state index < -0.39 is 0 Å². The second kappa shape index (κ2) is 8.00. The normalized spacial score (nSPS) is 11.0. The van der Waals surface area contributed by atoms with Gasteiger partial charge in [0.05, 0.1) is 18.3 Å². The van der Waals surface area contributed by atoms with Crippen LogP contribution in [0.5, 0.6) is 11.5 Å². The summed E-state index contributed by atoms with van der Waals surface area (Å²) in [7, 11) is 1.55. The lowest BCUT2D eigenvalue weighted by Gasteiger charge is -2.14. The number of rotatable bonds is 6. The van der Waals surface area contributed by atoms with Gasteiger partial charge in [0.1, 0.15) is 19.3 Å². The highest BCUT2D eigenvalue weighted by Crippen LogP contribution is 2.37. The van der Waals surface area contributed by atoms with Gasteiger partial charge in [-0.05, 0) is 23.8 Å². The Kier molecular flexibility index (Phi) is 5.53. The van der Waals surface area contributed by atoms with Gasteiger partial charge in [0.25, 0.3) is 0 Å². The van der Waals surface area contributed by atoms with Gasteiger partial charge in [-0.2, -0.15) is 5.10 Å². The third-order valence-corrected chi connectivity index (χ3v) is 3.98. The van der Waals surface area contributed by atoms with Gasteiger partial charge in [0.2, 0.25) is 0 Å². The lowest BCUT2D eigenvalue weighted by atomic mass is 10.2. The minimum atomic E-state index is 0.282. The Bertz CT molecular complexity index is 882. The number of hydrogen-bond donors (Lipinski definition) is 0. The van der Waals surface area contributed by atoms with Crippen molar-refractivity contribution in [2.75, 3.05) is 7.11 Å². The maximum atomic E-state index is 6.35. The van der Waals surface area contributed by atoms with Gasteiger partial charge in [-0.15, -0.1) is 10.2 Å². The number of halogens is 2. The molecule has 25 heavy (non-hydrogen) atoms. The molecule has 1 heterocycles. The summed E-state index contributed by atoms with van der Waals surface area (Å²) in [5, 5.41) is 12.6. The van der Waals surface area contributed by atoms with E-state index in [4.69, 9.17) is 32.7 Å². The van der Waals surface area contributed by atoms with Crippen LogP contribution in [0.2, 0.25) is 10.0 Å². The van der Waals surface area contributed by atoms with Crippen LogP contribution in [0.1, 0.15) is 11.1 Å². The molecule has 0 fully saturated rings. The van der Waals surface area contributed by atoms with E-state index in [1.165, 1.54) is 17.3 Å². The Morgan fingerprint density at radius 2 is 1.88 bits per heavy atom. The van der Waals surface area contributed by atoms with Crippen molar-refractivity contribution in [3.63, 3.8) is 0 Å². The highest BCUT2D eigenvalue weighted by molar-refractivity contribution is 6.32. The molecule has 0 N–H and O–H groups in total. The van der Waals surface area contributed by atoms with E-state index in [1.807, 2.05) is 24.3 Å². The van der Waals surface area contributed by atoms with E-state index in [2.05, 4.69) is 15.3 Å². The first-order valence-electron chi connectivity index (χ1n) is 7.30. The van der Waals surface area contributed by atoms with Crippen molar-refractivity contribution in [1.29, 1.82) is 0 Å². The molecule has 0 aliphatic rings. The molecule has 0 unspecified atom stereocenters. The highest BCUT2D eigenvalue weighted by atomic mass is 35.5. The van der Waals surface area contributed by atoms with Gasteiger partial charge in [-0.3, -0.25) is 0 Å². The Balaban J connectivity index is 1.81. The number of benzene rings is 2. The number of aromatic nitrogens is 3.